The molecule has 1 atom stereocenters. The third-order valence-electron chi connectivity index (χ3n) is 2.05. The van der Waals surface area contributed by atoms with Crippen LogP contribution >= 0.6 is 21.1 Å². The Morgan fingerprint density at radius 2 is 1.64 bits per heavy atom. The van der Waals surface area contributed by atoms with Crippen molar-refractivity contribution in [2.75, 3.05) is 14.1 Å². The van der Waals surface area contributed by atoms with E-state index in [-0.39, 0.29) is 12.4 Å². The van der Waals surface area contributed by atoms with Crippen LogP contribution < -0.4 is 0 Å². The van der Waals surface area contributed by atoms with Gasteiger partial charge < -0.3 is 0 Å². The van der Waals surface area contributed by atoms with E-state index in [1.54, 1.807) is 0 Å². The van der Waals surface area contributed by atoms with Crippen molar-refractivity contribution < 1.29 is 0 Å². The van der Waals surface area contributed by atoms with Crippen molar-refractivity contribution in [3.63, 3.8) is 0 Å². The second kappa shape index (κ2) is 6.22. The van der Waals surface area contributed by atoms with Gasteiger partial charge >= 0.3 is 0 Å². The smallest absolute Gasteiger partial charge is 0.00993 e. The van der Waals surface area contributed by atoms with Crippen molar-refractivity contribution in [2.24, 2.45) is 0 Å². The summed E-state index contributed by atoms with van der Waals surface area (Å²) in [6.45, 7) is 0. The Morgan fingerprint density at radius 3 is 2.09 bits per heavy atom. The van der Waals surface area contributed by atoms with Gasteiger partial charge in [0, 0.05) is 0 Å². The molecule has 0 saturated heterocycles. The topological polar surface area (TPSA) is 3.24 Å². The van der Waals surface area contributed by atoms with Crippen LogP contribution in [0.3, 0.4) is 0 Å². The van der Waals surface area contributed by atoms with E-state index in [4.69, 9.17) is 0 Å². The summed E-state index contributed by atoms with van der Waals surface area (Å²) in [7, 11) is 5.45. The molecule has 1 saturated carbocycles. The summed E-state index contributed by atoms with van der Waals surface area (Å²) in [5, 5.41) is 0. The monoisotopic (exact) mass is 195 g/mol. The highest BCUT2D eigenvalue weighted by Gasteiger charge is 2.13. The van der Waals surface area contributed by atoms with E-state index >= 15 is 0 Å². The third kappa shape index (κ3) is 5.00. The largest absolute Gasteiger partial charge is 0.290 e. The van der Waals surface area contributed by atoms with E-state index in [0.29, 0.717) is 0 Å². The predicted molar refractivity (Wildman–Crippen MR) is 56.1 cm³/mol. The molecule has 1 rings (SSSR count). The molecule has 0 aliphatic heterocycles. The first-order chi connectivity index (χ1) is 4.79. The van der Waals surface area contributed by atoms with Gasteiger partial charge in [-0.05, 0) is 41.3 Å². The molecule has 1 nitrogen and oxygen atoms in total. The molecule has 1 aliphatic rings. The second-order valence-electron chi connectivity index (χ2n) is 3.36. The number of hydrogen-bond donors (Lipinski definition) is 0. The highest BCUT2D eigenvalue weighted by Crippen LogP contribution is 2.33. The Balaban J connectivity index is 0.000001000. The van der Waals surface area contributed by atoms with Crippen LogP contribution in [0.25, 0.3) is 0 Å². The van der Waals surface area contributed by atoms with E-state index < -0.39 is 0 Å². The van der Waals surface area contributed by atoms with E-state index in [2.05, 4.69) is 18.8 Å². The van der Waals surface area contributed by atoms with Crippen LogP contribution in [-0.2, 0) is 0 Å². The Kier molecular flexibility index (Phi) is 6.61. The van der Waals surface area contributed by atoms with Crippen molar-refractivity contribution in [1.29, 1.82) is 0 Å². The van der Waals surface area contributed by atoms with Gasteiger partial charge in [0.05, 0.1) is 0 Å². The molecule has 68 valence electrons. The summed E-state index contributed by atoms with van der Waals surface area (Å²) < 4.78 is 2.34. The van der Waals surface area contributed by atoms with Gasteiger partial charge in [0.25, 0.3) is 0 Å². The third-order valence-corrected chi connectivity index (χ3v) is 3.50. The van der Waals surface area contributed by atoms with E-state index in [1.165, 1.54) is 32.1 Å². The summed E-state index contributed by atoms with van der Waals surface area (Å²) in [6.07, 6.45) is 7.40. The molecule has 0 N–H and O–H groups in total. The molecule has 3 heteroatoms. The molecule has 1 unspecified atom stereocenters. The first-order valence-electron chi connectivity index (χ1n) is 4.22. The Bertz CT molecular complexity index is 92.1. The SMILES string of the molecule is CN(C)PC1CCCCC1.Cl. The fourth-order valence-electron chi connectivity index (χ4n) is 1.60. The van der Waals surface area contributed by atoms with Crippen LogP contribution in [-0.4, -0.2) is 24.4 Å². The van der Waals surface area contributed by atoms with Gasteiger partial charge in [-0.3, -0.25) is 4.67 Å². The lowest BCUT2D eigenvalue weighted by Gasteiger charge is -2.24. The van der Waals surface area contributed by atoms with Gasteiger partial charge in [0.1, 0.15) is 0 Å². The Hall–Kier alpha value is 0.680. The minimum Gasteiger partial charge on any atom is -0.290 e. The standard InChI is InChI=1S/C8H18NP.ClH/c1-9(2)10-8-6-4-3-5-7-8;/h8,10H,3-7H2,1-2H3;1H. The first-order valence-corrected chi connectivity index (χ1v) is 5.25. The predicted octanol–water partition coefficient (Wildman–Crippen LogP) is 2.90. The van der Waals surface area contributed by atoms with Crippen LogP contribution in [0.2, 0.25) is 0 Å². The lowest BCUT2D eigenvalue weighted by molar-refractivity contribution is 0.502. The zero-order chi connectivity index (χ0) is 7.40. The number of rotatable bonds is 2. The highest BCUT2D eigenvalue weighted by atomic mass is 35.5. The lowest BCUT2D eigenvalue weighted by Crippen LogP contribution is -2.12. The molecule has 0 bridgehead atoms. The van der Waals surface area contributed by atoms with E-state index in [9.17, 15) is 0 Å². The zero-order valence-corrected chi connectivity index (χ0v) is 9.28. The molecule has 1 fully saturated rings. The molecule has 0 aromatic carbocycles. The summed E-state index contributed by atoms with van der Waals surface area (Å²) in [6, 6.07) is 0. The average Bonchev–Trinajstić information content (AvgIpc) is 1.88. The Morgan fingerprint density at radius 1 is 1.09 bits per heavy atom. The molecule has 11 heavy (non-hydrogen) atoms. The van der Waals surface area contributed by atoms with Crippen molar-refractivity contribution in [2.45, 2.75) is 37.8 Å². The van der Waals surface area contributed by atoms with Crippen molar-refractivity contribution in [1.82, 2.24) is 4.67 Å². The van der Waals surface area contributed by atoms with E-state index in [1.807, 2.05) is 0 Å². The van der Waals surface area contributed by atoms with Gasteiger partial charge in [0.15, 0.2) is 0 Å². The normalized spacial score (nSPS) is 21.0. The summed E-state index contributed by atoms with van der Waals surface area (Å²) in [4.78, 5) is 0. The zero-order valence-electron chi connectivity index (χ0n) is 7.47. The average molecular weight is 196 g/mol. The fraction of sp³-hybridized carbons (Fsp3) is 1.00. The summed E-state index contributed by atoms with van der Waals surface area (Å²) in [5.41, 5.74) is 1.03. The number of halogens is 1. The quantitative estimate of drug-likeness (QED) is 0.613. The van der Waals surface area contributed by atoms with E-state index in [0.717, 1.165) is 14.4 Å². The molecular formula is C8H19ClNP. The van der Waals surface area contributed by atoms with Crippen molar-refractivity contribution in [3.8, 4) is 0 Å². The molecular weight excluding hydrogens is 177 g/mol. The minimum absolute atomic E-state index is 0. The van der Waals surface area contributed by atoms with Crippen LogP contribution in [0.1, 0.15) is 32.1 Å². The summed E-state index contributed by atoms with van der Waals surface area (Å²) >= 11 is 0. The first kappa shape index (κ1) is 11.7. The van der Waals surface area contributed by atoms with Crippen molar-refractivity contribution in [3.05, 3.63) is 0 Å². The maximum absolute atomic E-state index is 2.34. The van der Waals surface area contributed by atoms with Gasteiger partial charge in [-0.25, -0.2) is 0 Å². The van der Waals surface area contributed by atoms with Crippen LogP contribution in [0.5, 0.6) is 0 Å². The van der Waals surface area contributed by atoms with Crippen LogP contribution in [0.15, 0.2) is 0 Å². The van der Waals surface area contributed by atoms with Crippen LogP contribution in [0.4, 0.5) is 0 Å². The minimum atomic E-state index is 0. The maximum atomic E-state index is 2.34. The second-order valence-corrected chi connectivity index (χ2v) is 5.33. The molecule has 0 spiro atoms. The summed E-state index contributed by atoms with van der Waals surface area (Å²) in [5.74, 6) is 0. The van der Waals surface area contributed by atoms with Gasteiger partial charge in [-0.1, -0.05) is 19.3 Å². The Labute approximate surface area is 78.2 Å². The maximum Gasteiger partial charge on any atom is -0.00993 e. The fourth-order valence-corrected chi connectivity index (χ4v) is 2.99. The molecule has 0 aromatic rings. The number of hydrogen-bond acceptors (Lipinski definition) is 1. The van der Waals surface area contributed by atoms with Crippen molar-refractivity contribution >= 4 is 21.1 Å². The van der Waals surface area contributed by atoms with Crippen LogP contribution in [0, 0.1) is 0 Å². The molecule has 1 aliphatic carbocycles. The molecule has 0 heterocycles. The molecule has 0 amide bonds. The molecule has 0 radical (unpaired) electrons. The number of nitrogens with zero attached hydrogens (tertiary/aromatic N) is 1. The highest BCUT2D eigenvalue weighted by molar-refractivity contribution is 7.36. The van der Waals surface area contributed by atoms with Gasteiger partial charge in [0.2, 0.25) is 0 Å². The van der Waals surface area contributed by atoms with Gasteiger partial charge in [-0.2, -0.15) is 0 Å². The lowest BCUT2D eigenvalue weighted by atomic mass is 10.0. The molecule has 0 aromatic heterocycles. The van der Waals surface area contributed by atoms with Gasteiger partial charge in [-0.15, -0.1) is 12.4 Å².